The van der Waals surface area contributed by atoms with Crippen LogP contribution in [-0.4, -0.2) is 35.1 Å². The zero-order valence-electron chi connectivity index (χ0n) is 22.4. The van der Waals surface area contributed by atoms with Gasteiger partial charge in [-0.1, -0.05) is 48.0 Å². The van der Waals surface area contributed by atoms with Gasteiger partial charge in [0.25, 0.3) is 11.6 Å². The molecule has 0 aliphatic carbocycles. The number of para-hydroxylation sites is 1. The normalized spacial score (nSPS) is 11.0. The molecule has 0 fully saturated rings. The van der Waals surface area contributed by atoms with Gasteiger partial charge in [-0.05, 0) is 54.4 Å². The number of aryl methyl sites for hydroxylation is 1. The van der Waals surface area contributed by atoms with Crippen molar-refractivity contribution in [2.45, 2.75) is 6.92 Å². The molecular formula is C31H23ClN4O6. The first kappa shape index (κ1) is 28.1. The van der Waals surface area contributed by atoms with Crippen LogP contribution in [0.1, 0.15) is 32.0 Å². The van der Waals surface area contributed by atoms with Crippen LogP contribution in [0.25, 0.3) is 22.0 Å². The van der Waals surface area contributed by atoms with E-state index in [-0.39, 0.29) is 22.7 Å². The number of benzene rings is 4. The highest BCUT2D eigenvalue weighted by Crippen LogP contribution is 2.37. The largest absolute Gasteiger partial charge is 0.493 e. The van der Waals surface area contributed by atoms with E-state index in [1.165, 1.54) is 43.7 Å². The SMILES string of the molecule is COc1cc(C=NNC(=O)c2[nH]c3c(C)cccc3c2-c2ccccc2Cl)ccc1OC(=O)c1ccc([N+](=O)[O-])cc1. The molecule has 0 aliphatic rings. The Labute approximate surface area is 244 Å². The van der Waals surface area contributed by atoms with E-state index in [0.29, 0.717) is 27.4 Å². The maximum atomic E-state index is 13.3. The van der Waals surface area contributed by atoms with E-state index in [9.17, 15) is 19.7 Å². The van der Waals surface area contributed by atoms with E-state index in [1.54, 1.807) is 18.2 Å². The molecule has 0 atom stereocenters. The molecule has 42 heavy (non-hydrogen) atoms. The summed E-state index contributed by atoms with van der Waals surface area (Å²) in [6.07, 6.45) is 1.42. The number of hydrogen-bond acceptors (Lipinski definition) is 7. The minimum absolute atomic E-state index is 0.138. The fraction of sp³-hybridized carbons (Fsp3) is 0.0645. The summed E-state index contributed by atoms with van der Waals surface area (Å²) in [5, 5.41) is 16.3. The van der Waals surface area contributed by atoms with Crippen molar-refractivity contribution >= 4 is 46.3 Å². The smallest absolute Gasteiger partial charge is 0.343 e. The van der Waals surface area contributed by atoms with Gasteiger partial charge in [0.05, 0.1) is 23.8 Å². The van der Waals surface area contributed by atoms with Crippen LogP contribution in [-0.2, 0) is 0 Å². The van der Waals surface area contributed by atoms with Gasteiger partial charge in [-0.15, -0.1) is 0 Å². The number of amides is 1. The number of nitro groups is 1. The molecule has 0 aliphatic heterocycles. The summed E-state index contributed by atoms with van der Waals surface area (Å²) in [5.41, 5.74) is 6.62. The maximum Gasteiger partial charge on any atom is 0.343 e. The number of methoxy groups -OCH3 is 1. The molecule has 0 saturated heterocycles. The first-order valence-corrected chi connectivity index (χ1v) is 13.0. The first-order valence-electron chi connectivity index (χ1n) is 12.6. The molecule has 1 amide bonds. The summed E-state index contributed by atoms with van der Waals surface area (Å²) >= 11 is 6.50. The van der Waals surface area contributed by atoms with Crippen LogP contribution in [0.4, 0.5) is 5.69 Å². The Morgan fingerprint density at radius 1 is 1.00 bits per heavy atom. The predicted molar refractivity (Wildman–Crippen MR) is 160 cm³/mol. The van der Waals surface area contributed by atoms with E-state index in [4.69, 9.17) is 21.1 Å². The molecule has 2 N–H and O–H groups in total. The molecule has 210 valence electrons. The molecule has 5 aromatic rings. The Balaban J connectivity index is 1.34. The van der Waals surface area contributed by atoms with Crippen LogP contribution in [0.3, 0.4) is 0 Å². The van der Waals surface area contributed by atoms with Gasteiger partial charge in [-0.25, -0.2) is 10.2 Å². The summed E-state index contributed by atoms with van der Waals surface area (Å²) in [7, 11) is 1.41. The quantitative estimate of drug-likeness (QED) is 0.0687. The van der Waals surface area contributed by atoms with Gasteiger partial charge >= 0.3 is 5.97 Å². The van der Waals surface area contributed by atoms with Crippen LogP contribution in [0.2, 0.25) is 5.02 Å². The number of nitrogens with one attached hydrogen (secondary N) is 2. The lowest BCUT2D eigenvalue weighted by molar-refractivity contribution is -0.384. The van der Waals surface area contributed by atoms with Crippen molar-refractivity contribution in [3.05, 3.63) is 122 Å². The van der Waals surface area contributed by atoms with Crippen molar-refractivity contribution < 1.29 is 24.0 Å². The zero-order valence-corrected chi connectivity index (χ0v) is 23.1. The highest BCUT2D eigenvalue weighted by atomic mass is 35.5. The van der Waals surface area contributed by atoms with Crippen LogP contribution < -0.4 is 14.9 Å². The van der Waals surface area contributed by atoms with Crippen molar-refractivity contribution in [3.8, 4) is 22.6 Å². The Hall–Kier alpha value is -5.48. The second-order valence-electron chi connectivity index (χ2n) is 9.16. The van der Waals surface area contributed by atoms with Crippen molar-refractivity contribution in [3.63, 3.8) is 0 Å². The third kappa shape index (κ3) is 5.70. The summed E-state index contributed by atoms with van der Waals surface area (Å²) in [6, 6.07) is 22.9. The molecule has 0 radical (unpaired) electrons. The number of nitrogens with zero attached hydrogens (tertiary/aromatic N) is 2. The molecule has 1 heterocycles. The summed E-state index contributed by atoms with van der Waals surface area (Å²) in [6.45, 7) is 1.95. The summed E-state index contributed by atoms with van der Waals surface area (Å²) in [5.74, 6) is -0.787. The number of halogens is 1. The molecule has 4 aromatic carbocycles. The highest BCUT2D eigenvalue weighted by Gasteiger charge is 2.21. The first-order chi connectivity index (χ1) is 20.3. The molecule has 0 saturated carbocycles. The lowest BCUT2D eigenvalue weighted by Crippen LogP contribution is -2.19. The van der Waals surface area contributed by atoms with Crippen LogP contribution in [0.15, 0.2) is 90.0 Å². The number of carbonyl (C=O) groups is 2. The average Bonchev–Trinajstić information content (AvgIpc) is 3.39. The standard InChI is InChI=1S/C31H23ClN4O6/c1-18-6-5-8-23-27(22-7-3-4-9-24(22)32)29(34-28(18)23)30(37)35-33-17-19-10-15-25(26(16-19)41-2)42-31(38)20-11-13-21(14-12-20)36(39)40/h3-17,34H,1-2H3,(H,35,37). The number of hydrazone groups is 1. The van der Waals surface area contributed by atoms with Gasteiger partial charge in [0.2, 0.25) is 0 Å². The fourth-order valence-electron chi connectivity index (χ4n) is 4.43. The van der Waals surface area contributed by atoms with Crippen molar-refractivity contribution in [2.24, 2.45) is 5.10 Å². The van der Waals surface area contributed by atoms with E-state index in [0.717, 1.165) is 16.5 Å². The third-order valence-electron chi connectivity index (χ3n) is 6.50. The molecule has 11 heteroatoms. The van der Waals surface area contributed by atoms with Gasteiger partial charge in [0.15, 0.2) is 11.5 Å². The van der Waals surface area contributed by atoms with E-state index in [1.807, 2.05) is 43.3 Å². The van der Waals surface area contributed by atoms with Crippen molar-refractivity contribution in [1.82, 2.24) is 10.4 Å². The maximum absolute atomic E-state index is 13.3. The second kappa shape index (κ2) is 11.9. The number of nitro benzene ring substituents is 1. The molecule has 0 spiro atoms. The Kier molecular flexibility index (Phi) is 7.98. The zero-order chi connectivity index (χ0) is 29.8. The molecule has 0 unspecified atom stereocenters. The molecular weight excluding hydrogens is 560 g/mol. The number of non-ortho nitro benzene ring substituents is 1. The molecule has 10 nitrogen and oxygen atoms in total. The van der Waals surface area contributed by atoms with E-state index >= 15 is 0 Å². The van der Waals surface area contributed by atoms with Gasteiger partial charge in [0.1, 0.15) is 5.69 Å². The average molecular weight is 583 g/mol. The molecule has 5 rings (SSSR count). The van der Waals surface area contributed by atoms with Crippen LogP contribution in [0, 0.1) is 17.0 Å². The van der Waals surface area contributed by atoms with Crippen molar-refractivity contribution in [1.29, 1.82) is 0 Å². The lowest BCUT2D eigenvalue weighted by Gasteiger charge is -2.10. The van der Waals surface area contributed by atoms with E-state index in [2.05, 4.69) is 15.5 Å². The molecule has 1 aromatic heterocycles. The monoisotopic (exact) mass is 582 g/mol. The van der Waals surface area contributed by atoms with Gasteiger partial charge in [-0.2, -0.15) is 5.10 Å². The Morgan fingerprint density at radius 2 is 1.76 bits per heavy atom. The topological polar surface area (TPSA) is 136 Å². The van der Waals surface area contributed by atoms with E-state index < -0.39 is 16.8 Å². The number of hydrogen-bond donors (Lipinski definition) is 2. The van der Waals surface area contributed by atoms with Gasteiger partial charge < -0.3 is 14.5 Å². The Bertz CT molecular complexity index is 1860. The minimum Gasteiger partial charge on any atom is -0.493 e. The number of esters is 1. The number of fused-ring (bicyclic) bond motifs is 1. The number of rotatable bonds is 8. The fourth-order valence-corrected chi connectivity index (χ4v) is 4.66. The van der Waals surface area contributed by atoms with Crippen LogP contribution >= 0.6 is 11.6 Å². The van der Waals surface area contributed by atoms with Crippen LogP contribution in [0.5, 0.6) is 11.5 Å². The van der Waals surface area contributed by atoms with Gasteiger partial charge in [-0.3, -0.25) is 14.9 Å². The molecule has 0 bridgehead atoms. The lowest BCUT2D eigenvalue weighted by atomic mass is 10.0. The number of aromatic amines is 1. The Morgan fingerprint density at radius 3 is 2.48 bits per heavy atom. The van der Waals surface area contributed by atoms with Gasteiger partial charge in [0, 0.05) is 39.2 Å². The number of carbonyl (C=O) groups excluding carboxylic acids is 2. The number of ether oxygens (including phenoxy) is 2. The third-order valence-corrected chi connectivity index (χ3v) is 6.83. The minimum atomic E-state index is -0.709. The second-order valence-corrected chi connectivity index (χ2v) is 9.56. The highest BCUT2D eigenvalue weighted by molar-refractivity contribution is 6.34. The summed E-state index contributed by atoms with van der Waals surface area (Å²) in [4.78, 5) is 39.3. The summed E-state index contributed by atoms with van der Waals surface area (Å²) < 4.78 is 10.8. The number of aromatic nitrogens is 1. The number of H-pyrrole nitrogens is 1. The predicted octanol–water partition coefficient (Wildman–Crippen LogP) is 6.70. The van der Waals surface area contributed by atoms with Crippen molar-refractivity contribution in [2.75, 3.05) is 7.11 Å².